The summed E-state index contributed by atoms with van der Waals surface area (Å²) in [5.41, 5.74) is 0.919. The topological polar surface area (TPSA) is 9.23 Å². The molecule has 2 aromatic carbocycles. The molecule has 0 radical (unpaired) electrons. The van der Waals surface area contributed by atoms with E-state index >= 15 is 0 Å². The SMILES string of the molecule is Fc1ccc(OCc2[c-]cccc2)c(Cl)c1.[Zn+][Br]. The molecule has 0 aromatic heterocycles. The minimum atomic E-state index is -0.372. The van der Waals surface area contributed by atoms with Gasteiger partial charge >= 0.3 is 30.0 Å². The van der Waals surface area contributed by atoms with Crippen molar-refractivity contribution < 1.29 is 25.5 Å². The Labute approximate surface area is 127 Å². The van der Waals surface area contributed by atoms with E-state index in [1.165, 1.54) is 34.5 Å². The summed E-state index contributed by atoms with van der Waals surface area (Å²) in [6, 6.07) is 14.6. The van der Waals surface area contributed by atoms with E-state index in [-0.39, 0.29) is 10.8 Å². The minimum absolute atomic E-state index is 0.274. The van der Waals surface area contributed by atoms with E-state index in [1.807, 2.05) is 24.3 Å². The maximum atomic E-state index is 12.8. The molecule has 1 nitrogen and oxygen atoms in total. The first kappa shape index (κ1) is 15.6. The van der Waals surface area contributed by atoms with Gasteiger partial charge in [0.2, 0.25) is 0 Å². The van der Waals surface area contributed by atoms with E-state index in [0.717, 1.165) is 5.56 Å². The molecule has 0 amide bonds. The van der Waals surface area contributed by atoms with Gasteiger partial charge in [-0.2, -0.15) is 30.3 Å². The third-order valence-electron chi connectivity index (χ3n) is 2.05. The van der Waals surface area contributed by atoms with E-state index in [1.54, 1.807) is 0 Å². The van der Waals surface area contributed by atoms with Crippen LogP contribution in [0.2, 0.25) is 5.02 Å². The molecule has 90 valence electrons. The summed E-state index contributed by atoms with van der Waals surface area (Å²) in [6.07, 6.45) is 0. The molecule has 0 aliphatic rings. The van der Waals surface area contributed by atoms with E-state index in [0.29, 0.717) is 12.4 Å². The summed E-state index contributed by atoms with van der Waals surface area (Å²) in [4.78, 5) is 0. The molecule has 18 heavy (non-hydrogen) atoms. The summed E-state index contributed by atoms with van der Waals surface area (Å²) in [5, 5.41) is 0.274. The molecule has 0 saturated carbocycles. The van der Waals surface area contributed by atoms with Crippen molar-refractivity contribution in [3.8, 4) is 5.75 Å². The first-order valence-corrected chi connectivity index (χ1v) is 12.4. The van der Waals surface area contributed by atoms with Crippen molar-refractivity contribution in [1.82, 2.24) is 0 Å². The first-order chi connectivity index (χ1) is 8.75. The Morgan fingerprint density at radius 2 is 2.06 bits per heavy atom. The number of rotatable bonds is 3. The molecule has 0 aliphatic carbocycles. The molecule has 0 atom stereocenters. The van der Waals surface area contributed by atoms with Crippen LogP contribution >= 0.6 is 25.2 Å². The van der Waals surface area contributed by atoms with Gasteiger partial charge in [0, 0.05) is 0 Å². The molecule has 0 bridgehead atoms. The van der Waals surface area contributed by atoms with E-state index in [4.69, 9.17) is 16.3 Å². The quantitative estimate of drug-likeness (QED) is 0.554. The van der Waals surface area contributed by atoms with E-state index in [2.05, 4.69) is 19.7 Å². The van der Waals surface area contributed by atoms with E-state index < -0.39 is 0 Å². The van der Waals surface area contributed by atoms with Crippen molar-refractivity contribution in [2.75, 3.05) is 0 Å². The third kappa shape index (κ3) is 5.05. The second-order valence-corrected chi connectivity index (χ2v) is 3.66. The van der Waals surface area contributed by atoms with Gasteiger partial charge in [-0.05, 0) is 18.2 Å². The third-order valence-corrected chi connectivity index (χ3v) is 2.35. The zero-order valence-corrected chi connectivity index (χ0v) is 14.8. The zero-order chi connectivity index (χ0) is 13.4. The van der Waals surface area contributed by atoms with Crippen LogP contribution in [0.5, 0.6) is 5.75 Å². The molecule has 0 aliphatic heterocycles. The number of halogens is 3. The summed E-state index contributed by atoms with van der Waals surface area (Å²) in [6.45, 7) is 0.367. The van der Waals surface area contributed by atoms with Crippen LogP contribution in [0.4, 0.5) is 4.39 Å². The van der Waals surface area contributed by atoms with E-state index in [9.17, 15) is 4.39 Å². The monoisotopic (exact) mass is 378 g/mol. The van der Waals surface area contributed by atoms with Gasteiger partial charge in [-0.3, -0.25) is 0 Å². The number of hydrogen-bond acceptors (Lipinski definition) is 1. The maximum absolute atomic E-state index is 12.8. The van der Waals surface area contributed by atoms with Crippen LogP contribution in [0.15, 0.2) is 42.5 Å². The van der Waals surface area contributed by atoms with Gasteiger partial charge in [0.15, 0.2) is 0 Å². The Hall–Kier alpha value is -0.437. The Morgan fingerprint density at radius 1 is 1.28 bits per heavy atom. The molecule has 0 fully saturated rings. The average Bonchev–Trinajstić information content (AvgIpc) is 2.41. The molecule has 0 unspecified atom stereocenters. The van der Waals surface area contributed by atoms with Gasteiger partial charge in [0.1, 0.15) is 11.6 Å². The van der Waals surface area contributed by atoms with Gasteiger partial charge in [0.25, 0.3) is 0 Å². The van der Waals surface area contributed by atoms with Crippen molar-refractivity contribution in [2.24, 2.45) is 0 Å². The van der Waals surface area contributed by atoms with Crippen LogP contribution in [0.3, 0.4) is 0 Å². The van der Waals surface area contributed by atoms with Gasteiger partial charge in [-0.25, -0.2) is 4.39 Å². The molecular formula is C13H9BrClFOZn. The zero-order valence-electron chi connectivity index (χ0n) is 9.50. The van der Waals surface area contributed by atoms with Gasteiger partial charge in [0.05, 0.1) is 11.6 Å². The summed E-state index contributed by atoms with van der Waals surface area (Å²) in [7, 11) is 0. The second-order valence-electron chi connectivity index (χ2n) is 3.25. The van der Waals surface area contributed by atoms with Gasteiger partial charge < -0.3 is 4.74 Å². The Balaban J connectivity index is 0.000000771. The van der Waals surface area contributed by atoms with Crippen molar-refractivity contribution >= 4 is 25.2 Å². The Kier molecular flexibility index (Phi) is 7.49. The van der Waals surface area contributed by atoms with Crippen LogP contribution in [0.25, 0.3) is 0 Å². The normalized spacial score (nSPS) is 9.39. The molecule has 2 rings (SSSR count). The Morgan fingerprint density at radius 3 is 2.67 bits per heavy atom. The van der Waals surface area contributed by atoms with Crippen molar-refractivity contribution in [1.29, 1.82) is 0 Å². The van der Waals surface area contributed by atoms with Crippen molar-refractivity contribution in [3.05, 3.63) is 64.9 Å². The Bertz CT molecular complexity index is 482. The van der Waals surface area contributed by atoms with Crippen LogP contribution in [0.1, 0.15) is 5.56 Å². The van der Waals surface area contributed by atoms with Crippen LogP contribution < -0.4 is 4.74 Å². The van der Waals surface area contributed by atoms with Gasteiger partial charge in [-0.1, -0.05) is 11.6 Å². The van der Waals surface area contributed by atoms with Crippen LogP contribution in [0, 0.1) is 11.9 Å². The summed E-state index contributed by atoms with van der Waals surface area (Å²) >= 11 is 10.1. The standard InChI is InChI=1S/C13H9ClFO.BrH.Zn/c14-12-8-11(15)6-7-13(12)16-9-10-4-2-1-3-5-10;;/h1-4,6-8H,9H2;1H;/q-1;;+2/p-1. The number of ether oxygens (including phenoxy) is 1. The van der Waals surface area contributed by atoms with Crippen LogP contribution in [-0.2, 0) is 22.9 Å². The predicted octanol–water partition coefficient (Wildman–Crippen LogP) is 4.70. The van der Waals surface area contributed by atoms with Crippen molar-refractivity contribution in [3.63, 3.8) is 0 Å². The number of hydrogen-bond donors (Lipinski definition) is 0. The molecule has 0 N–H and O–H groups in total. The summed E-state index contributed by atoms with van der Waals surface area (Å²) in [5.74, 6) is 0.101. The predicted molar refractivity (Wildman–Crippen MR) is 69.9 cm³/mol. The second kappa shape index (κ2) is 8.63. The fourth-order valence-corrected chi connectivity index (χ4v) is 1.49. The molecule has 0 saturated heterocycles. The van der Waals surface area contributed by atoms with Gasteiger partial charge in [-0.15, -0.1) is 5.56 Å². The van der Waals surface area contributed by atoms with Crippen LogP contribution in [-0.4, -0.2) is 0 Å². The average molecular weight is 381 g/mol. The molecule has 0 heterocycles. The molecule has 5 heteroatoms. The molecule has 2 aromatic rings. The molecular weight excluding hydrogens is 372 g/mol. The fraction of sp³-hybridized carbons (Fsp3) is 0.0769. The molecule has 0 spiro atoms. The van der Waals surface area contributed by atoms with Crippen molar-refractivity contribution in [2.45, 2.75) is 6.61 Å². The first-order valence-electron chi connectivity index (χ1n) is 5.06. The fourth-order valence-electron chi connectivity index (χ4n) is 1.27. The summed E-state index contributed by atoms with van der Waals surface area (Å²) < 4.78 is 18.2. The number of benzene rings is 2.